The molecular formula is C28H59NO7. The maximum absolute atomic E-state index is 12.1. The van der Waals surface area contributed by atoms with Crippen molar-refractivity contribution < 1.29 is 35.4 Å². The van der Waals surface area contributed by atoms with E-state index in [1.807, 2.05) is 0 Å². The Balaban J connectivity index is 0. The van der Waals surface area contributed by atoms with Crippen LogP contribution >= 0.6 is 0 Å². The molecule has 0 amide bonds. The molecule has 0 rings (SSSR count). The van der Waals surface area contributed by atoms with Gasteiger partial charge >= 0.3 is 0 Å². The summed E-state index contributed by atoms with van der Waals surface area (Å²) in [6.45, 7) is 6.82. The topological polar surface area (TPSA) is 178 Å². The number of carboxylic acids is 1. The molecule has 0 aromatic heterocycles. The first-order valence-corrected chi connectivity index (χ1v) is 14.1. The monoisotopic (exact) mass is 521 g/mol. The molecule has 0 bridgehead atoms. The number of quaternary nitrogens is 1. The smallest absolute Gasteiger partial charge is 0.135 e. The highest BCUT2D eigenvalue weighted by molar-refractivity contribution is 5.77. The van der Waals surface area contributed by atoms with Gasteiger partial charge in [-0.15, -0.1) is 0 Å². The first-order valence-electron chi connectivity index (χ1n) is 14.1. The molecule has 0 saturated heterocycles. The Labute approximate surface area is 220 Å². The second kappa shape index (κ2) is 19.3. The van der Waals surface area contributed by atoms with E-state index in [4.69, 9.17) is 0 Å². The van der Waals surface area contributed by atoms with Gasteiger partial charge < -0.3 is 41.6 Å². The van der Waals surface area contributed by atoms with Gasteiger partial charge in [0.15, 0.2) is 0 Å². The average Bonchev–Trinajstić information content (AvgIpc) is 2.80. The van der Waals surface area contributed by atoms with Gasteiger partial charge in [0, 0.05) is 0 Å². The van der Waals surface area contributed by atoms with Gasteiger partial charge in [-0.05, 0) is 26.7 Å². The zero-order valence-corrected chi connectivity index (χ0v) is 23.9. The summed E-state index contributed by atoms with van der Waals surface area (Å²) in [5, 5.41) is 66.4. The van der Waals surface area contributed by atoms with Crippen molar-refractivity contribution in [1.82, 2.24) is 6.15 Å². The van der Waals surface area contributed by atoms with Gasteiger partial charge in [-0.2, -0.15) is 0 Å². The van der Waals surface area contributed by atoms with E-state index in [9.17, 15) is 35.4 Å². The molecular weight excluding hydrogens is 462 g/mol. The molecule has 0 saturated carbocycles. The van der Waals surface area contributed by atoms with Crippen LogP contribution in [0.3, 0.4) is 0 Å². The van der Waals surface area contributed by atoms with Crippen LogP contribution in [0.4, 0.5) is 0 Å². The first kappa shape index (κ1) is 37.4. The van der Waals surface area contributed by atoms with Crippen LogP contribution in [0.1, 0.15) is 143 Å². The predicted molar refractivity (Wildman–Crippen MR) is 144 cm³/mol. The van der Waals surface area contributed by atoms with E-state index in [2.05, 4.69) is 13.8 Å². The molecule has 0 spiro atoms. The van der Waals surface area contributed by atoms with Crippen molar-refractivity contribution in [2.75, 3.05) is 0 Å². The van der Waals surface area contributed by atoms with Crippen LogP contribution in [0.25, 0.3) is 0 Å². The quantitative estimate of drug-likeness (QED) is 0.109. The lowest BCUT2D eigenvalue weighted by atomic mass is 9.69. The number of carbonyl (C=O) groups is 1. The van der Waals surface area contributed by atoms with Gasteiger partial charge in [0.05, 0.1) is 11.6 Å². The maximum Gasteiger partial charge on any atom is 0.135 e. The number of carbonyl (C=O) groups excluding carboxylic acids is 1. The van der Waals surface area contributed by atoms with E-state index < -0.39 is 35.0 Å². The molecule has 8 heteroatoms. The van der Waals surface area contributed by atoms with Crippen LogP contribution < -0.4 is 11.3 Å². The van der Waals surface area contributed by atoms with E-state index >= 15 is 0 Å². The van der Waals surface area contributed by atoms with Crippen molar-refractivity contribution in [1.29, 1.82) is 0 Å². The van der Waals surface area contributed by atoms with Crippen LogP contribution in [0.5, 0.6) is 0 Å². The molecule has 0 aliphatic heterocycles. The van der Waals surface area contributed by atoms with Crippen LogP contribution in [-0.4, -0.2) is 60.5 Å². The Morgan fingerprint density at radius 1 is 0.639 bits per heavy atom. The summed E-state index contributed by atoms with van der Waals surface area (Å²) < 4.78 is 0. The third-order valence-electron chi connectivity index (χ3n) is 7.37. The molecule has 36 heavy (non-hydrogen) atoms. The van der Waals surface area contributed by atoms with Gasteiger partial charge in [0.2, 0.25) is 0 Å². The lowest BCUT2D eigenvalue weighted by molar-refractivity contribution is -0.346. The Bertz CT molecular complexity index is 555. The summed E-state index contributed by atoms with van der Waals surface area (Å²) >= 11 is 0. The fraction of sp³-hybridized carbons (Fsp3) is 0.964. The number of aliphatic hydroxyl groups is 5. The van der Waals surface area contributed by atoms with Crippen molar-refractivity contribution in [3.05, 3.63) is 0 Å². The molecule has 0 aromatic carbocycles. The van der Waals surface area contributed by atoms with Crippen molar-refractivity contribution in [3.8, 4) is 0 Å². The summed E-state index contributed by atoms with van der Waals surface area (Å²) in [5.41, 5.74) is -7.12. The van der Waals surface area contributed by atoms with E-state index in [-0.39, 0.29) is 19.0 Å². The van der Waals surface area contributed by atoms with Crippen molar-refractivity contribution in [2.45, 2.75) is 172 Å². The van der Waals surface area contributed by atoms with Crippen molar-refractivity contribution in [2.24, 2.45) is 0 Å². The molecule has 0 unspecified atom stereocenters. The van der Waals surface area contributed by atoms with E-state index in [0.717, 1.165) is 51.4 Å². The third-order valence-corrected chi connectivity index (χ3v) is 7.37. The molecule has 4 atom stereocenters. The Morgan fingerprint density at radius 3 is 1.31 bits per heavy atom. The lowest BCUT2D eigenvalue weighted by Gasteiger charge is -2.49. The summed E-state index contributed by atoms with van der Waals surface area (Å²) in [4.78, 5) is 12.1. The van der Waals surface area contributed by atoms with Crippen molar-refractivity contribution in [3.63, 3.8) is 0 Å². The largest absolute Gasteiger partial charge is 0.547 e. The molecule has 0 aromatic rings. The van der Waals surface area contributed by atoms with E-state index in [0.29, 0.717) is 25.7 Å². The number of aliphatic carboxylic acids is 1. The molecule has 0 heterocycles. The fourth-order valence-corrected chi connectivity index (χ4v) is 4.79. The average molecular weight is 522 g/mol. The maximum atomic E-state index is 12.1. The lowest BCUT2D eigenvalue weighted by Crippen LogP contribution is -2.71. The zero-order chi connectivity index (χ0) is 27.0. The third kappa shape index (κ3) is 12.7. The Kier molecular flexibility index (Phi) is 20.1. The van der Waals surface area contributed by atoms with Crippen molar-refractivity contribution >= 4 is 5.97 Å². The van der Waals surface area contributed by atoms with E-state index in [1.165, 1.54) is 39.5 Å². The van der Waals surface area contributed by atoms with Gasteiger partial charge in [0.1, 0.15) is 23.4 Å². The van der Waals surface area contributed by atoms with Gasteiger partial charge in [-0.25, -0.2) is 0 Å². The fourth-order valence-electron chi connectivity index (χ4n) is 4.79. The first-order chi connectivity index (χ1) is 16.4. The number of hydrogen-bond donors (Lipinski definition) is 6. The second-order valence-corrected chi connectivity index (χ2v) is 11.1. The summed E-state index contributed by atoms with van der Waals surface area (Å²) in [6.07, 6.45) is 10.7. The molecule has 8 nitrogen and oxygen atoms in total. The molecule has 0 aliphatic rings. The Hall–Kier alpha value is -0.770. The number of rotatable bonds is 23. The minimum Gasteiger partial charge on any atom is -0.547 e. The SMILES string of the molecule is CCCCCCCCCC[C@](O)(C(=O)[O-])[C@](O)(CCCCCCCCCC)[C@H](O)[C@H](O)C(C)(C)O.[NH4+]. The minimum absolute atomic E-state index is 0. The highest BCUT2D eigenvalue weighted by Gasteiger charge is 2.57. The highest BCUT2D eigenvalue weighted by atomic mass is 16.4. The Morgan fingerprint density at radius 2 is 0.972 bits per heavy atom. The minimum atomic E-state index is -2.75. The number of carboxylic acid groups (broad SMARTS) is 1. The standard InChI is InChI=1S/C28H56O7.H3N/c1-5-7-9-11-13-15-17-19-21-27(34,24(30)23(29)26(3,4)33)28(35,25(31)32)22-20-18-16-14-12-10-8-6-2;/h23-24,29-30,33-35H,5-22H2,1-4H3,(H,31,32);1H3/t23-,24+,27-,28-;/m0./s1. The van der Waals surface area contributed by atoms with E-state index in [1.54, 1.807) is 0 Å². The molecule has 0 radical (unpaired) electrons. The number of aliphatic hydroxyl groups excluding tert-OH is 2. The molecule has 0 fully saturated rings. The van der Waals surface area contributed by atoms with Crippen LogP contribution in [0.15, 0.2) is 0 Å². The predicted octanol–water partition coefficient (Wildman–Crippen LogP) is 4.13. The number of hydrogen-bond acceptors (Lipinski definition) is 7. The van der Waals surface area contributed by atoms with Gasteiger partial charge in [-0.1, -0.05) is 117 Å². The van der Waals surface area contributed by atoms with Crippen LogP contribution in [0, 0.1) is 0 Å². The summed E-state index contributed by atoms with van der Waals surface area (Å²) in [6, 6.07) is 0. The summed E-state index contributed by atoms with van der Waals surface area (Å²) in [5.74, 6) is -1.87. The van der Waals surface area contributed by atoms with Gasteiger partial charge in [-0.3, -0.25) is 0 Å². The highest BCUT2D eigenvalue weighted by Crippen LogP contribution is 2.38. The summed E-state index contributed by atoms with van der Waals surface area (Å²) in [7, 11) is 0. The normalized spacial score (nSPS) is 17.0. The number of unbranched alkanes of at least 4 members (excludes halogenated alkanes) is 14. The molecule has 218 valence electrons. The zero-order valence-electron chi connectivity index (χ0n) is 23.9. The second-order valence-electron chi connectivity index (χ2n) is 11.1. The molecule has 9 N–H and O–H groups in total. The van der Waals surface area contributed by atoms with Crippen LogP contribution in [-0.2, 0) is 4.79 Å². The molecule has 0 aliphatic carbocycles. The van der Waals surface area contributed by atoms with Crippen LogP contribution in [0.2, 0.25) is 0 Å². The van der Waals surface area contributed by atoms with Gasteiger partial charge in [0.25, 0.3) is 0 Å².